The molecule has 9 heteroatoms. The first-order valence-corrected chi connectivity index (χ1v) is 12.5. The molecule has 2 aliphatic heterocycles. The summed E-state index contributed by atoms with van der Waals surface area (Å²) in [5.41, 5.74) is 0.603. The first-order valence-electron chi connectivity index (χ1n) is 11.0. The number of nitrogens with one attached hydrogen (secondary N) is 1. The Bertz CT molecular complexity index is 1040. The number of hydrogen-bond donors (Lipinski definition) is 1. The molecule has 3 heterocycles. The molecule has 2 saturated heterocycles. The van der Waals surface area contributed by atoms with Crippen molar-refractivity contribution < 1.29 is 18.0 Å². The van der Waals surface area contributed by atoms with Crippen LogP contribution in [0, 0.1) is 0 Å². The number of likely N-dealkylation sites (tertiary alicyclic amines) is 1. The number of carbonyl (C=O) groups excluding carboxylic acids is 2. The van der Waals surface area contributed by atoms with Crippen LogP contribution in [0.15, 0.2) is 59.8 Å². The fourth-order valence-corrected chi connectivity index (χ4v) is 6.06. The van der Waals surface area contributed by atoms with Crippen LogP contribution in [-0.2, 0) is 14.8 Å². The quantitative estimate of drug-likeness (QED) is 0.742. The van der Waals surface area contributed by atoms with Crippen LogP contribution in [0.5, 0.6) is 0 Å². The largest absolute Gasteiger partial charge is 0.352 e. The first kappa shape index (κ1) is 22.4. The summed E-state index contributed by atoms with van der Waals surface area (Å²) < 4.78 is 27.6. The molecule has 1 unspecified atom stereocenters. The summed E-state index contributed by atoms with van der Waals surface area (Å²) in [6.07, 6.45) is 6.54. The van der Waals surface area contributed by atoms with Gasteiger partial charge in [0.1, 0.15) is 6.04 Å². The van der Waals surface area contributed by atoms with Gasteiger partial charge < -0.3 is 10.2 Å². The van der Waals surface area contributed by atoms with E-state index < -0.39 is 16.1 Å². The van der Waals surface area contributed by atoms with Gasteiger partial charge >= 0.3 is 0 Å². The highest BCUT2D eigenvalue weighted by molar-refractivity contribution is 7.89. The fraction of sp³-hybridized carbons (Fsp3) is 0.435. The Morgan fingerprint density at radius 1 is 0.906 bits per heavy atom. The number of amides is 2. The van der Waals surface area contributed by atoms with Gasteiger partial charge in [0.15, 0.2) is 0 Å². The van der Waals surface area contributed by atoms with E-state index >= 15 is 0 Å². The van der Waals surface area contributed by atoms with Crippen LogP contribution in [-0.4, -0.2) is 66.1 Å². The van der Waals surface area contributed by atoms with Crippen LogP contribution in [0.25, 0.3) is 0 Å². The summed E-state index contributed by atoms with van der Waals surface area (Å²) in [6, 6.07) is 10.9. The second-order valence-corrected chi connectivity index (χ2v) is 10.1. The Morgan fingerprint density at radius 2 is 1.59 bits per heavy atom. The zero-order valence-corrected chi connectivity index (χ0v) is 18.7. The van der Waals surface area contributed by atoms with Gasteiger partial charge in [-0.1, -0.05) is 24.6 Å². The Morgan fingerprint density at radius 3 is 2.28 bits per heavy atom. The maximum Gasteiger partial charge on any atom is 0.253 e. The number of hydrogen-bond acceptors (Lipinski definition) is 5. The van der Waals surface area contributed by atoms with Crippen molar-refractivity contribution in [3.05, 3.63) is 60.4 Å². The van der Waals surface area contributed by atoms with Gasteiger partial charge in [-0.15, -0.1) is 0 Å². The number of piperidine rings is 2. The first-order chi connectivity index (χ1) is 15.5. The third-order valence-corrected chi connectivity index (χ3v) is 8.08. The molecule has 1 aromatic carbocycles. The molecule has 1 atom stereocenters. The summed E-state index contributed by atoms with van der Waals surface area (Å²) in [4.78, 5) is 31.6. The highest BCUT2D eigenvalue weighted by atomic mass is 32.2. The predicted molar refractivity (Wildman–Crippen MR) is 119 cm³/mol. The minimum absolute atomic E-state index is 0.0374. The molecule has 0 spiro atoms. The van der Waals surface area contributed by atoms with E-state index in [4.69, 9.17) is 0 Å². The third kappa shape index (κ3) is 4.83. The molecule has 2 aliphatic rings. The van der Waals surface area contributed by atoms with Crippen molar-refractivity contribution in [3.8, 4) is 0 Å². The Balaban J connectivity index is 1.37. The highest BCUT2D eigenvalue weighted by Crippen LogP contribution is 2.26. The van der Waals surface area contributed by atoms with Gasteiger partial charge in [-0.25, -0.2) is 8.42 Å². The summed E-state index contributed by atoms with van der Waals surface area (Å²) in [5, 5.41) is 3.05. The predicted octanol–water partition coefficient (Wildman–Crippen LogP) is 2.05. The molecular formula is C23H28N4O4S. The van der Waals surface area contributed by atoms with E-state index in [1.165, 1.54) is 4.31 Å². The van der Waals surface area contributed by atoms with Gasteiger partial charge in [0.25, 0.3) is 5.91 Å². The normalized spacial score (nSPS) is 20.6. The average molecular weight is 457 g/mol. The van der Waals surface area contributed by atoms with E-state index in [1.54, 1.807) is 59.8 Å². The lowest BCUT2D eigenvalue weighted by atomic mass is 10.0. The smallest absolute Gasteiger partial charge is 0.253 e. The molecule has 8 nitrogen and oxygen atoms in total. The van der Waals surface area contributed by atoms with Crippen LogP contribution >= 0.6 is 0 Å². The van der Waals surface area contributed by atoms with Gasteiger partial charge in [0, 0.05) is 43.6 Å². The standard InChI is InChI=1S/C23H28N4O4S/c28-22(21-8-4-5-15-27(21)32(30,31)20-6-2-1-3-7-20)25-19-11-16-26(17-12-19)23(29)18-9-13-24-14-10-18/h1-3,6-7,9-10,13-14,19,21H,4-5,8,11-12,15-17H2,(H,25,28). The van der Waals surface area contributed by atoms with Crippen molar-refractivity contribution in [3.63, 3.8) is 0 Å². The molecule has 170 valence electrons. The van der Waals surface area contributed by atoms with Gasteiger partial charge in [0.2, 0.25) is 15.9 Å². The van der Waals surface area contributed by atoms with E-state index in [2.05, 4.69) is 10.3 Å². The van der Waals surface area contributed by atoms with Crippen molar-refractivity contribution in [1.29, 1.82) is 0 Å². The molecule has 2 fully saturated rings. The number of aromatic nitrogens is 1. The summed E-state index contributed by atoms with van der Waals surface area (Å²) >= 11 is 0. The minimum atomic E-state index is -3.73. The summed E-state index contributed by atoms with van der Waals surface area (Å²) in [6.45, 7) is 1.43. The molecule has 2 amide bonds. The van der Waals surface area contributed by atoms with E-state index in [9.17, 15) is 18.0 Å². The Hall–Kier alpha value is -2.78. The summed E-state index contributed by atoms with van der Waals surface area (Å²) in [7, 11) is -3.73. The Kier molecular flexibility index (Phi) is 6.86. The van der Waals surface area contributed by atoms with Gasteiger partial charge in [-0.2, -0.15) is 4.31 Å². The van der Waals surface area contributed by atoms with Crippen LogP contribution in [0.2, 0.25) is 0 Å². The second kappa shape index (κ2) is 9.79. The number of benzene rings is 1. The SMILES string of the molecule is O=C(NC1CCN(C(=O)c2ccncc2)CC1)C1CCCCN1S(=O)(=O)c1ccccc1. The Labute approximate surface area is 188 Å². The van der Waals surface area contributed by atoms with Gasteiger partial charge in [-0.05, 0) is 49.9 Å². The van der Waals surface area contributed by atoms with Gasteiger partial charge in [-0.3, -0.25) is 14.6 Å². The van der Waals surface area contributed by atoms with Crippen molar-refractivity contribution >= 4 is 21.8 Å². The lowest BCUT2D eigenvalue weighted by Crippen LogP contribution is -2.55. The molecule has 2 aromatic rings. The van der Waals surface area contributed by atoms with Crippen molar-refractivity contribution in [1.82, 2.24) is 19.5 Å². The molecule has 0 radical (unpaired) electrons. The van der Waals surface area contributed by atoms with Crippen molar-refractivity contribution in [2.45, 2.75) is 49.1 Å². The van der Waals surface area contributed by atoms with E-state index in [-0.39, 0.29) is 22.8 Å². The number of nitrogens with zero attached hydrogens (tertiary/aromatic N) is 3. The zero-order valence-electron chi connectivity index (χ0n) is 17.9. The second-order valence-electron chi connectivity index (χ2n) is 8.25. The monoisotopic (exact) mass is 456 g/mol. The molecule has 4 rings (SSSR count). The third-order valence-electron chi connectivity index (χ3n) is 6.16. The average Bonchev–Trinajstić information content (AvgIpc) is 2.85. The molecule has 1 N–H and O–H groups in total. The molecule has 32 heavy (non-hydrogen) atoms. The van der Waals surface area contributed by atoms with Crippen LogP contribution < -0.4 is 5.32 Å². The van der Waals surface area contributed by atoms with Crippen molar-refractivity contribution in [2.75, 3.05) is 19.6 Å². The van der Waals surface area contributed by atoms with E-state index in [0.29, 0.717) is 44.5 Å². The van der Waals surface area contributed by atoms with Crippen molar-refractivity contribution in [2.24, 2.45) is 0 Å². The van der Waals surface area contributed by atoms with Crippen LogP contribution in [0.4, 0.5) is 0 Å². The number of carbonyl (C=O) groups is 2. The molecule has 0 saturated carbocycles. The number of rotatable bonds is 5. The lowest BCUT2D eigenvalue weighted by Gasteiger charge is -2.36. The maximum atomic E-state index is 13.1. The number of pyridine rings is 1. The molecule has 0 aliphatic carbocycles. The van der Waals surface area contributed by atoms with E-state index in [0.717, 1.165) is 12.8 Å². The zero-order chi connectivity index (χ0) is 22.6. The minimum Gasteiger partial charge on any atom is -0.352 e. The molecular weight excluding hydrogens is 428 g/mol. The van der Waals surface area contributed by atoms with Gasteiger partial charge in [0.05, 0.1) is 4.90 Å². The molecule has 0 bridgehead atoms. The molecule has 1 aromatic heterocycles. The topological polar surface area (TPSA) is 99.7 Å². The lowest BCUT2D eigenvalue weighted by molar-refractivity contribution is -0.126. The highest BCUT2D eigenvalue weighted by Gasteiger charge is 2.38. The van der Waals surface area contributed by atoms with E-state index in [1.807, 2.05) is 0 Å². The van der Waals surface area contributed by atoms with Crippen LogP contribution in [0.3, 0.4) is 0 Å². The number of sulfonamides is 1. The van der Waals surface area contributed by atoms with Crippen LogP contribution in [0.1, 0.15) is 42.5 Å². The maximum absolute atomic E-state index is 13.1. The fourth-order valence-electron chi connectivity index (χ4n) is 4.38. The summed E-state index contributed by atoms with van der Waals surface area (Å²) in [5.74, 6) is -0.285.